The summed E-state index contributed by atoms with van der Waals surface area (Å²) in [5.41, 5.74) is 6.43. The van der Waals surface area contributed by atoms with Crippen molar-refractivity contribution in [1.29, 1.82) is 0 Å². The second kappa shape index (κ2) is 5.94. The summed E-state index contributed by atoms with van der Waals surface area (Å²) < 4.78 is 0. The normalized spacial score (nSPS) is 42.1. The molecule has 0 amide bonds. The minimum Gasteiger partial charge on any atom is -0.327 e. The SMILES string of the molecule is CCCN1CC2C3CCN(CC3)C2C1CC(N)C(C)C. The van der Waals surface area contributed by atoms with E-state index in [9.17, 15) is 0 Å². The highest BCUT2D eigenvalue weighted by atomic mass is 15.3. The third kappa shape index (κ3) is 2.53. The van der Waals surface area contributed by atoms with Crippen molar-refractivity contribution in [3.05, 3.63) is 0 Å². The first kappa shape index (κ1) is 14.8. The van der Waals surface area contributed by atoms with Crippen molar-refractivity contribution in [2.75, 3.05) is 26.2 Å². The van der Waals surface area contributed by atoms with Crippen LogP contribution >= 0.6 is 0 Å². The van der Waals surface area contributed by atoms with Crippen LogP contribution < -0.4 is 5.73 Å². The minimum atomic E-state index is 0.361. The molecule has 0 radical (unpaired) electrons. The number of likely N-dealkylation sites (tertiary alicyclic amines) is 1. The predicted molar refractivity (Wildman–Crippen MR) is 84.7 cm³/mol. The molecule has 4 saturated heterocycles. The highest BCUT2D eigenvalue weighted by Crippen LogP contribution is 2.45. The zero-order valence-electron chi connectivity index (χ0n) is 13.6. The van der Waals surface area contributed by atoms with E-state index < -0.39 is 0 Å². The van der Waals surface area contributed by atoms with Gasteiger partial charge in [0.05, 0.1) is 0 Å². The second-order valence-corrected chi connectivity index (χ2v) is 7.73. The van der Waals surface area contributed by atoms with Gasteiger partial charge in [0.2, 0.25) is 0 Å². The van der Waals surface area contributed by atoms with Gasteiger partial charge in [0.15, 0.2) is 0 Å². The zero-order chi connectivity index (χ0) is 14.3. The molecule has 2 N–H and O–H groups in total. The van der Waals surface area contributed by atoms with Crippen molar-refractivity contribution in [2.24, 2.45) is 23.5 Å². The van der Waals surface area contributed by atoms with Crippen LogP contribution in [0.1, 0.15) is 46.5 Å². The predicted octanol–water partition coefficient (Wildman–Crippen LogP) is 2.16. The fourth-order valence-electron chi connectivity index (χ4n) is 4.99. The monoisotopic (exact) mass is 279 g/mol. The molecule has 4 atom stereocenters. The topological polar surface area (TPSA) is 32.5 Å². The van der Waals surface area contributed by atoms with Gasteiger partial charge in [-0.3, -0.25) is 9.80 Å². The molecule has 4 unspecified atom stereocenters. The van der Waals surface area contributed by atoms with Crippen LogP contribution in [0, 0.1) is 17.8 Å². The zero-order valence-corrected chi connectivity index (χ0v) is 13.6. The molecule has 4 fully saturated rings. The van der Waals surface area contributed by atoms with Gasteiger partial charge in [-0.05, 0) is 63.1 Å². The van der Waals surface area contributed by atoms with Crippen molar-refractivity contribution in [3.63, 3.8) is 0 Å². The molecule has 0 aliphatic carbocycles. The summed E-state index contributed by atoms with van der Waals surface area (Å²) in [5.74, 6) is 2.55. The van der Waals surface area contributed by atoms with E-state index in [1.807, 2.05) is 0 Å². The van der Waals surface area contributed by atoms with Crippen molar-refractivity contribution in [3.8, 4) is 0 Å². The van der Waals surface area contributed by atoms with Crippen molar-refractivity contribution >= 4 is 0 Å². The number of hydrogen-bond donors (Lipinski definition) is 1. The highest BCUT2D eigenvalue weighted by Gasteiger charge is 2.52. The molecule has 4 aliphatic rings. The molecular weight excluding hydrogens is 246 g/mol. The van der Waals surface area contributed by atoms with Crippen LogP contribution in [0.5, 0.6) is 0 Å². The van der Waals surface area contributed by atoms with Crippen LogP contribution in [0.4, 0.5) is 0 Å². The van der Waals surface area contributed by atoms with Gasteiger partial charge in [-0.2, -0.15) is 0 Å². The lowest BCUT2D eigenvalue weighted by atomic mass is 9.73. The van der Waals surface area contributed by atoms with Gasteiger partial charge in [-0.25, -0.2) is 0 Å². The molecular formula is C17H33N3. The Bertz CT molecular complexity index is 322. The molecule has 0 aromatic heterocycles. The molecule has 0 saturated carbocycles. The lowest BCUT2D eigenvalue weighted by Crippen LogP contribution is -2.58. The Labute approximate surface area is 124 Å². The Morgan fingerprint density at radius 2 is 1.90 bits per heavy atom. The quantitative estimate of drug-likeness (QED) is 0.837. The van der Waals surface area contributed by atoms with Crippen LogP contribution in [0.3, 0.4) is 0 Å². The van der Waals surface area contributed by atoms with Gasteiger partial charge in [0, 0.05) is 24.7 Å². The Kier molecular flexibility index (Phi) is 4.40. The highest BCUT2D eigenvalue weighted by molar-refractivity contribution is 5.07. The first-order valence-electron chi connectivity index (χ1n) is 8.85. The number of fused-ring (bicyclic) bond motifs is 2. The van der Waals surface area contributed by atoms with E-state index in [-0.39, 0.29) is 0 Å². The maximum atomic E-state index is 6.43. The number of nitrogens with two attached hydrogens (primary N) is 1. The van der Waals surface area contributed by atoms with Gasteiger partial charge in [-0.1, -0.05) is 20.8 Å². The van der Waals surface area contributed by atoms with Gasteiger partial charge >= 0.3 is 0 Å². The first-order chi connectivity index (χ1) is 9.61. The van der Waals surface area contributed by atoms with E-state index in [0.717, 1.165) is 23.9 Å². The molecule has 20 heavy (non-hydrogen) atoms. The van der Waals surface area contributed by atoms with E-state index in [2.05, 4.69) is 30.6 Å². The standard InChI is InChI=1S/C17H33N3/c1-4-7-20-11-14-13-5-8-19(9-6-13)17(14)16(20)10-15(18)12(2)3/h12-17H,4-11,18H2,1-3H3. The average molecular weight is 279 g/mol. The Hall–Kier alpha value is -0.120. The summed E-state index contributed by atoms with van der Waals surface area (Å²) in [6, 6.07) is 1.90. The molecule has 116 valence electrons. The fourth-order valence-corrected chi connectivity index (χ4v) is 4.99. The average Bonchev–Trinajstić information content (AvgIpc) is 2.81. The largest absolute Gasteiger partial charge is 0.327 e. The van der Waals surface area contributed by atoms with Gasteiger partial charge < -0.3 is 5.73 Å². The summed E-state index contributed by atoms with van der Waals surface area (Å²) >= 11 is 0. The van der Waals surface area contributed by atoms with Crippen LogP contribution in [0.15, 0.2) is 0 Å². The molecule has 4 rings (SSSR count). The summed E-state index contributed by atoms with van der Waals surface area (Å²) in [6.07, 6.45) is 5.37. The van der Waals surface area contributed by atoms with Crippen molar-refractivity contribution in [1.82, 2.24) is 9.80 Å². The fraction of sp³-hybridized carbons (Fsp3) is 1.00. The van der Waals surface area contributed by atoms with Crippen LogP contribution in [0.2, 0.25) is 0 Å². The maximum Gasteiger partial charge on any atom is 0.0295 e. The summed E-state index contributed by atoms with van der Waals surface area (Å²) in [5, 5.41) is 0. The molecule has 0 aromatic rings. The van der Waals surface area contributed by atoms with Gasteiger partial charge in [0.25, 0.3) is 0 Å². The summed E-state index contributed by atoms with van der Waals surface area (Å²) in [4.78, 5) is 5.59. The van der Waals surface area contributed by atoms with Gasteiger partial charge in [-0.15, -0.1) is 0 Å². The van der Waals surface area contributed by atoms with Crippen LogP contribution in [-0.4, -0.2) is 54.1 Å². The van der Waals surface area contributed by atoms with Crippen LogP contribution in [-0.2, 0) is 0 Å². The molecule has 4 heterocycles. The number of rotatable bonds is 5. The van der Waals surface area contributed by atoms with E-state index in [4.69, 9.17) is 5.73 Å². The molecule has 4 aliphatic heterocycles. The van der Waals surface area contributed by atoms with Gasteiger partial charge in [0.1, 0.15) is 0 Å². The van der Waals surface area contributed by atoms with E-state index >= 15 is 0 Å². The Morgan fingerprint density at radius 3 is 2.50 bits per heavy atom. The lowest BCUT2D eigenvalue weighted by Gasteiger charge is -2.50. The van der Waals surface area contributed by atoms with Crippen LogP contribution in [0.25, 0.3) is 0 Å². The molecule has 2 bridgehead atoms. The number of piperidine rings is 3. The number of hydrogen-bond acceptors (Lipinski definition) is 3. The second-order valence-electron chi connectivity index (χ2n) is 7.73. The summed E-state index contributed by atoms with van der Waals surface area (Å²) in [7, 11) is 0. The Morgan fingerprint density at radius 1 is 1.20 bits per heavy atom. The molecule has 3 heteroatoms. The smallest absolute Gasteiger partial charge is 0.0295 e. The number of nitrogens with zero attached hydrogens (tertiary/aromatic N) is 2. The van der Waals surface area contributed by atoms with Crippen molar-refractivity contribution in [2.45, 2.75) is 64.6 Å². The maximum absolute atomic E-state index is 6.43. The van der Waals surface area contributed by atoms with E-state index in [1.54, 1.807) is 0 Å². The van der Waals surface area contributed by atoms with E-state index in [0.29, 0.717) is 12.0 Å². The lowest BCUT2D eigenvalue weighted by molar-refractivity contribution is 0.000780. The molecule has 0 spiro atoms. The molecule has 0 aromatic carbocycles. The third-order valence-corrected chi connectivity index (χ3v) is 6.23. The molecule has 3 nitrogen and oxygen atoms in total. The summed E-state index contributed by atoms with van der Waals surface area (Å²) in [6.45, 7) is 12.2. The van der Waals surface area contributed by atoms with Crippen molar-refractivity contribution < 1.29 is 0 Å². The van der Waals surface area contributed by atoms with E-state index in [1.165, 1.54) is 51.9 Å². The Balaban J connectivity index is 1.76. The first-order valence-corrected chi connectivity index (χ1v) is 8.85. The third-order valence-electron chi connectivity index (χ3n) is 6.23. The minimum absolute atomic E-state index is 0.361.